The first-order valence-electron chi connectivity index (χ1n) is 6.86. The van der Waals surface area contributed by atoms with Crippen LogP contribution < -0.4 is 5.32 Å². The van der Waals surface area contributed by atoms with Crippen molar-refractivity contribution in [2.45, 2.75) is 32.4 Å². The van der Waals surface area contributed by atoms with Crippen molar-refractivity contribution in [1.29, 1.82) is 0 Å². The van der Waals surface area contributed by atoms with Gasteiger partial charge in [0.2, 0.25) is 5.95 Å². The number of nitrogens with one attached hydrogen (secondary N) is 1. The lowest BCUT2D eigenvalue weighted by atomic mass is 10.1. The molecule has 1 aliphatic rings. The Labute approximate surface area is 118 Å². The van der Waals surface area contributed by atoms with Gasteiger partial charge in [-0.1, -0.05) is 25.5 Å². The van der Waals surface area contributed by atoms with Gasteiger partial charge in [-0.05, 0) is 6.42 Å². The molecule has 6 nitrogen and oxygen atoms in total. The number of nitrogens with zero attached hydrogens (tertiary/aromatic N) is 3. The maximum atomic E-state index is 10.4. The average molecular weight is 276 g/mol. The van der Waals surface area contributed by atoms with Crippen molar-refractivity contribution in [3.05, 3.63) is 30.1 Å². The third kappa shape index (κ3) is 4.03. The number of carboxylic acid groups (broad SMARTS) is 1. The maximum absolute atomic E-state index is 10.4. The van der Waals surface area contributed by atoms with Crippen LogP contribution in [0, 0.1) is 0 Å². The van der Waals surface area contributed by atoms with Gasteiger partial charge < -0.3 is 10.4 Å². The number of aromatic nitrogens is 2. The molecule has 1 atom stereocenters. The first kappa shape index (κ1) is 14.5. The van der Waals surface area contributed by atoms with Gasteiger partial charge in [-0.3, -0.25) is 9.69 Å². The van der Waals surface area contributed by atoms with E-state index in [4.69, 9.17) is 5.11 Å². The number of carboxylic acids is 1. The maximum Gasteiger partial charge on any atom is 0.322 e. The van der Waals surface area contributed by atoms with Crippen LogP contribution in [0.5, 0.6) is 0 Å². The van der Waals surface area contributed by atoms with Crippen molar-refractivity contribution >= 4 is 11.9 Å². The van der Waals surface area contributed by atoms with Crippen LogP contribution in [0.25, 0.3) is 0 Å². The first-order valence-corrected chi connectivity index (χ1v) is 6.86. The van der Waals surface area contributed by atoms with Gasteiger partial charge in [-0.25, -0.2) is 9.97 Å². The molecule has 0 fully saturated rings. The number of hydrogen-bond acceptors (Lipinski definition) is 5. The van der Waals surface area contributed by atoms with Crippen molar-refractivity contribution in [3.63, 3.8) is 0 Å². The SMILES string of the molecule is CCCC1C=CCN1Cc1cnc(NCC(=O)O)nc1. The van der Waals surface area contributed by atoms with Gasteiger partial charge in [0.15, 0.2) is 0 Å². The quantitative estimate of drug-likeness (QED) is 0.735. The lowest BCUT2D eigenvalue weighted by molar-refractivity contribution is -0.134. The molecule has 0 radical (unpaired) electrons. The van der Waals surface area contributed by atoms with E-state index >= 15 is 0 Å². The van der Waals surface area contributed by atoms with E-state index in [9.17, 15) is 4.79 Å². The molecule has 2 N–H and O–H groups in total. The van der Waals surface area contributed by atoms with Crippen molar-refractivity contribution < 1.29 is 9.90 Å². The lowest BCUT2D eigenvalue weighted by Crippen LogP contribution is -2.29. The summed E-state index contributed by atoms with van der Waals surface area (Å²) < 4.78 is 0. The number of rotatable bonds is 7. The molecule has 0 spiro atoms. The van der Waals surface area contributed by atoms with Crippen LogP contribution in [0.1, 0.15) is 25.3 Å². The number of carbonyl (C=O) groups is 1. The van der Waals surface area contributed by atoms with E-state index in [1.807, 2.05) is 0 Å². The standard InChI is InChI=1S/C14H20N4O2/c1-2-4-12-5-3-6-18(12)10-11-7-15-14(16-8-11)17-9-13(19)20/h3,5,7-8,12H,2,4,6,9-10H2,1H3,(H,19,20)(H,15,16,17). The van der Waals surface area contributed by atoms with Crippen LogP contribution in [-0.2, 0) is 11.3 Å². The molecule has 2 rings (SSSR count). The molecule has 1 aromatic rings. The molecule has 2 heterocycles. The molecule has 108 valence electrons. The zero-order valence-electron chi connectivity index (χ0n) is 11.6. The van der Waals surface area contributed by atoms with E-state index in [-0.39, 0.29) is 6.54 Å². The molecule has 6 heteroatoms. The largest absolute Gasteiger partial charge is 0.480 e. The van der Waals surface area contributed by atoms with Gasteiger partial charge in [0.1, 0.15) is 6.54 Å². The monoisotopic (exact) mass is 276 g/mol. The predicted octanol–water partition coefficient (Wildman–Crippen LogP) is 1.51. The molecule has 0 bridgehead atoms. The Morgan fingerprint density at radius 3 is 2.90 bits per heavy atom. The van der Waals surface area contributed by atoms with Crippen molar-refractivity contribution in [1.82, 2.24) is 14.9 Å². The Bertz CT molecular complexity index is 473. The minimum atomic E-state index is -0.928. The fourth-order valence-electron chi connectivity index (χ4n) is 2.28. The normalized spacial score (nSPS) is 18.4. The summed E-state index contributed by atoms with van der Waals surface area (Å²) in [6.07, 6.45) is 10.3. The third-order valence-electron chi connectivity index (χ3n) is 3.24. The lowest BCUT2D eigenvalue weighted by Gasteiger charge is -2.23. The van der Waals surface area contributed by atoms with E-state index in [0.717, 1.165) is 25.1 Å². The number of aliphatic carboxylic acids is 1. The van der Waals surface area contributed by atoms with Crippen molar-refractivity contribution in [2.24, 2.45) is 0 Å². The average Bonchev–Trinajstić information content (AvgIpc) is 2.86. The second kappa shape index (κ2) is 7.00. The smallest absolute Gasteiger partial charge is 0.322 e. The van der Waals surface area contributed by atoms with Crippen LogP contribution in [-0.4, -0.2) is 45.1 Å². The van der Waals surface area contributed by atoms with Crippen LogP contribution in [0.2, 0.25) is 0 Å². The van der Waals surface area contributed by atoms with E-state index in [1.165, 1.54) is 6.42 Å². The van der Waals surface area contributed by atoms with Gasteiger partial charge in [0, 0.05) is 37.1 Å². The second-order valence-electron chi connectivity index (χ2n) is 4.88. The summed E-state index contributed by atoms with van der Waals surface area (Å²) in [6, 6.07) is 0.504. The summed E-state index contributed by atoms with van der Waals surface area (Å²) in [4.78, 5) is 21.1. The highest BCUT2D eigenvalue weighted by atomic mass is 16.4. The van der Waals surface area contributed by atoms with Crippen LogP contribution >= 0.6 is 0 Å². The fourth-order valence-corrected chi connectivity index (χ4v) is 2.28. The molecule has 20 heavy (non-hydrogen) atoms. The summed E-state index contributed by atoms with van der Waals surface area (Å²) in [5.41, 5.74) is 1.04. The summed E-state index contributed by atoms with van der Waals surface area (Å²) >= 11 is 0. The van der Waals surface area contributed by atoms with Gasteiger partial charge in [-0.2, -0.15) is 0 Å². The number of hydrogen-bond donors (Lipinski definition) is 2. The highest BCUT2D eigenvalue weighted by Gasteiger charge is 2.18. The highest BCUT2D eigenvalue weighted by Crippen LogP contribution is 2.17. The molecule has 1 aromatic heterocycles. The predicted molar refractivity (Wildman–Crippen MR) is 76.4 cm³/mol. The molecule has 0 saturated carbocycles. The molecule has 0 aromatic carbocycles. The van der Waals surface area contributed by atoms with E-state index in [1.54, 1.807) is 12.4 Å². The minimum absolute atomic E-state index is 0.173. The molecular weight excluding hydrogens is 256 g/mol. The van der Waals surface area contributed by atoms with E-state index < -0.39 is 5.97 Å². The Kier molecular flexibility index (Phi) is 5.06. The molecule has 0 amide bonds. The highest BCUT2D eigenvalue weighted by molar-refractivity contribution is 5.71. The molecule has 1 unspecified atom stereocenters. The molecule has 0 saturated heterocycles. The summed E-state index contributed by atoms with van der Waals surface area (Å²) in [6.45, 7) is 3.80. The van der Waals surface area contributed by atoms with Crippen molar-refractivity contribution in [3.8, 4) is 0 Å². The molecular formula is C14H20N4O2. The first-order chi connectivity index (χ1) is 9.69. The van der Waals surface area contributed by atoms with Crippen LogP contribution in [0.4, 0.5) is 5.95 Å². The topological polar surface area (TPSA) is 78.4 Å². The summed E-state index contributed by atoms with van der Waals surface area (Å²) in [5, 5.41) is 11.2. The Hall–Kier alpha value is -1.95. The summed E-state index contributed by atoms with van der Waals surface area (Å²) in [5.74, 6) is -0.580. The Balaban J connectivity index is 1.88. The van der Waals surface area contributed by atoms with Gasteiger partial charge in [0.25, 0.3) is 0 Å². The summed E-state index contributed by atoms with van der Waals surface area (Å²) in [7, 11) is 0. The second-order valence-corrected chi connectivity index (χ2v) is 4.88. The number of anilines is 1. The van der Waals surface area contributed by atoms with E-state index in [0.29, 0.717) is 12.0 Å². The fraction of sp³-hybridized carbons (Fsp3) is 0.500. The molecule has 1 aliphatic heterocycles. The van der Waals surface area contributed by atoms with Crippen molar-refractivity contribution in [2.75, 3.05) is 18.4 Å². The molecule has 0 aliphatic carbocycles. The van der Waals surface area contributed by atoms with Gasteiger partial charge in [0.05, 0.1) is 0 Å². The Morgan fingerprint density at radius 1 is 1.50 bits per heavy atom. The zero-order chi connectivity index (χ0) is 14.4. The van der Waals surface area contributed by atoms with Gasteiger partial charge in [-0.15, -0.1) is 0 Å². The minimum Gasteiger partial charge on any atom is -0.480 e. The van der Waals surface area contributed by atoms with E-state index in [2.05, 4.69) is 39.3 Å². The van der Waals surface area contributed by atoms with Gasteiger partial charge >= 0.3 is 5.97 Å². The third-order valence-corrected chi connectivity index (χ3v) is 3.24. The van der Waals surface area contributed by atoms with Crippen LogP contribution in [0.3, 0.4) is 0 Å². The zero-order valence-corrected chi connectivity index (χ0v) is 11.6. The van der Waals surface area contributed by atoms with Crippen LogP contribution in [0.15, 0.2) is 24.5 Å². The Morgan fingerprint density at radius 2 is 2.25 bits per heavy atom.